The molecule has 0 aliphatic carbocycles. The Morgan fingerprint density at radius 2 is 1.48 bits per heavy atom. The Morgan fingerprint density at radius 3 is 2.11 bits per heavy atom. The van der Waals surface area contributed by atoms with E-state index in [-0.39, 0.29) is 5.91 Å². The van der Waals surface area contributed by atoms with E-state index in [1.165, 1.54) is 0 Å². The Kier molecular flexibility index (Phi) is 5.84. The van der Waals surface area contributed by atoms with Gasteiger partial charge in [-0.2, -0.15) is 5.10 Å². The van der Waals surface area contributed by atoms with Gasteiger partial charge in [0.05, 0.1) is 20.4 Å². The van der Waals surface area contributed by atoms with Crippen molar-refractivity contribution < 1.29 is 14.3 Å². The van der Waals surface area contributed by atoms with E-state index in [0.717, 1.165) is 28.2 Å². The lowest BCUT2D eigenvalue weighted by molar-refractivity contribution is 0.0955. The van der Waals surface area contributed by atoms with E-state index in [1.54, 1.807) is 26.5 Å². The molecule has 0 saturated heterocycles. The lowest BCUT2D eigenvalue weighted by Gasteiger charge is -2.06. The molecule has 136 valence electrons. The minimum Gasteiger partial charge on any atom is -0.497 e. The average Bonchev–Trinajstić information content (AvgIpc) is 2.74. The summed E-state index contributed by atoms with van der Waals surface area (Å²) in [5, 5.41) is 4.02. The molecule has 3 aromatic carbocycles. The number of nitrogens with one attached hydrogen (secondary N) is 1. The van der Waals surface area contributed by atoms with E-state index in [4.69, 9.17) is 9.47 Å². The summed E-state index contributed by atoms with van der Waals surface area (Å²) in [4.78, 5) is 12.4. The normalized spacial score (nSPS) is 10.6. The van der Waals surface area contributed by atoms with Gasteiger partial charge in [0.15, 0.2) is 0 Å². The molecule has 3 aromatic rings. The first-order valence-electron chi connectivity index (χ1n) is 8.41. The van der Waals surface area contributed by atoms with Crippen LogP contribution in [-0.2, 0) is 0 Å². The number of rotatable bonds is 6. The number of hydrazone groups is 1. The van der Waals surface area contributed by atoms with Crippen molar-refractivity contribution in [3.8, 4) is 22.6 Å². The minimum absolute atomic E-state index is 0.268. The second kappa shape index (κ2) is 8.67. The maximum atomic E-state index is 12.4. The van der Waals surface area contributed by atoms with Crippen molar-refractivity contribution in [2.45, 2.75) is 0 Å². The molecule has 0 atom stereocenters. The summed E-state index contributed by atoms with van der Waals surface area (Å²) < 4.78 is 10.3. The van der Waals surface area contributed by atoms with Gasteiger partial charge in [-0.25, -0.2) is 5.43 Å². The van der Waals surface area contributed by atoms with Crippen molar-refractivity contribution >= 4 is 12.1 Å². The second-order valence-corrected chi connectivity index (χ2v) is 5.78. The van der Waals surface area contributed by atoms with Gasteiger partial charge in [0.25, 0.3) is 5.91 Å². The first kappa shape index (κ1) is 18.2. The highest BCUT2D eigenvalue weighted by Gasteiger charge is 2.06. The van der Waals surface area contributed by atoms with Crippen LogP contribution in [0.5, 0.6) is 11.5 Å². The van der Waals surface area contributed by atoms with Crippen LogP contribution in [0.2, 0.25) is 0 Å². The third kappa shape index (κ3) is 4.73. The topological polar surface area (TPSA) is 59.9 Å². The van der Waals surface area contributed by atoms with E-state index in [9.17, 15) is 4.79 Å². The number of ether oxygens (including phenoxy) is 2. The van der Waals surface area contributed by atoms with Gasteiger partial charge in [-0.15, -0.1) is 0 Å². The maximum absolute atomic E-state index is 12.4. The zero-order valence-electron chi connectivity index (χ0n) is 15.2. The van der Waals surface area contributed by atoms with Crippen LogP contribution in [0.3, 0.4) is 0 Å². The Labute approximate surface area is 158 Å². The SMILES string of the molecule is COc1ccc(/C=N/NC(=O)c2cccc(-c3ccc(OC)cc3)c2)cc1. The first-order valence-corrected chi connectivity index (χ1v) is 8.41. The smallest absolute Gasteiger partial charge is 0.271 e. The Hall–Kier alpha value is -3.60. The molecule has 0 unspecified atom stereocenters. The number of amides is 1. The van der Waals surface area contributed by atoms with Gasteiger partial charge >= 0.3 is 0 Å². The van der Waals surface area contributed by atoms with Gasteiger partial charge in [0.1, 0.15) is 11.5 Å². The Morgan fingerprint density at radius 1 is 0.852 bits per heavy atom. The number of carbonyl (C=O) groups is 1. The number of hydrogen-bond donors (Lipinski definition) is 1. The summed E-state index contributed by atoms with van der Waals surface area (Å²) in [6.07, 6.45) is 1.59. The van der Waals surface area contributed by atoms with E-state index in [2.05, 4.69) is 10.5 Å². The van der Waals surface area contributed by atoms with Crippen molar-refractivity contribution in [1.29, 1.82) is 0 Å². The van der Waals surface area contributed by atoms with Crippen LogP contribution in [0.15, 0.2) is 77.9 Å². The molecule has 0 radical (unpaired) electrons. The number of carbonyl (C=O) groups excluding carboxylic acids is 1. The van der Waals surface area contributed by atoms with Crippen molar-refractivity contribution in [2.75, 3.05) is 14.2 Å². The van der Waals surface area contributed by atoms with E-state index in [1.807, 2.05) is 66.7 Å². The molecular weight excluding hydrogens is 340 g/mol. The van der Waals surface area contributed by atoms with E-state index >= 15 is 0 Å². The fraction of sp³-hybridized carbons (Fsp3) is 0.0909. The summed E-state index contributed by atoms with van der Waals surface area (Å²) in [5.74, 6) is 1.29. The predicted octanol–water partition coefficient (Wildman–Crippen LogP) is 4.13. The fourth-order valence-corrected chi connectivity index (χ4v) is 2.54. The monoisotopic (exact) mass is 360 g/mol. The number of hydrogen-bond acceptors (Lipinski definition) is 4. The van der Waals surface area contributed by atoms with Crippen LogP contribution in [0.1, 0.15) is 15.9 Å². The van der Waals surface area contributed by atoms with Crippen LogP contribution < -0.4 is 14.9 Å². The molecule has 0 saturated carbocycles. The van der Waals surface area contributed by atoms with Crippen molar-refractivity contribution in [3.63, 3.8) is 0 Å². The molecule has 5 nitrogen and oxygen atoms in total. The third-order valence-corrected chi connectivity index (χ3v) is 4.04. The lowest BCUT2D eigenvalue weighted by Crippen LogP contribution is -2.17. The molecule has 1 N–H and O–H groups in total. The molecule has 0 heterocycles. The number of benzene rings is 3. The number of methoxy groups -OCH3 is 2. The van der Waals surface area contributed by atoms with Gasteiger partial charge in [0.2, 0.25) is 0 Å². The van der Waals surface area contributed by atoms with Gasteiger partial charge < -0.3 is 9.47 Å². The van der Waals surface area contributed by atoms with Crippen LogP contribution in [0, 0.1) is 0 Å². The van der Waals surface area contributed by atoms with E-state index < -0.39 is 0 Å². The van der Waals surface area contributed by atoms with Crippen molar-refractivity contribution in [2.24, 2.45) is 5.10 Å². The van der Waals surface area contributed by atoms with Crippen LogP contribution >= 0.6 is 0 Å². The average molecular weight is 360 g/mol. The highest BCUT2D eigenvalue weighted by atomic mass is 16.5. The van der Waals surface area contributed by atoms with Gasteiger partial charge in [-0.3, -0.25) is 4.79 Å². The molecule has 3 rings (SSSR count). The fourth-order valence-electron chi connectivity index (χ4n) is 2.54. The molecule has 27 heavy (non-hydrogen) atoms. The standard InChI is InChI=1S/C22H20N2O3/c1-26-20-10-6-16(7-11-20)15-23-24-22(25)19-5-3-4-18(14-19)17-8-12-21(27-2)13-9-17/h3-15H,1-2H3,(H,24,25)/b23-15+. The zero-order chi connectivity index (χ0) is 19.1. The van der Waals surface area contributed by atoms with Gasteiger partial charge in [0, 0.05) is 5.56 Å². The van der Waals surface area contributed by atoms with E-state index in [0.29, 0.717) is 5.56 Å². The first-order chi connectivity index (χ1) is 13.2. The largest absolute Gasteiger partial charge is 0.497 e. The van der Waals surface area contributed by atoms with Crippen molar-refractivity contribution in [3.05, 3.63) is 83.9 Å². The highest BCUT2D eigenvalue weighted by Crippen LogP contribution is 2.23. The Bertz CT molecular complexity index is 933. The molecule has 0 aromatic heterocycles. The van der Waals surface area contributed by atoms with Crippen LogP contribution in [0.25, 0.3) is 11.1 Å². The molecule has 0 bridgehead atoms. The molecule has 0 spiro atoms. The summed E-state index contributed by atoms with van der Waals surface area (Å²) in [6.45, 7) is 0. The predicted molar refractivity (Wildman–Crippen MR) is 106 cm³/mol. The van der Waals surface area contributed by atoms with Gasteiger partial charge in [-0.1, -0.05) is 24.3 Å². The Balaban J connectivity index is 1.68. The second-order valence-electron chi connectivity index (χ2n) is 5.78. The molecular formula is C22H20N2O3. The molecule has 5 heteroatoms. The molecule has 0 aliphatic heterocycles. The van der Waals surface area contributed by atoms with Crippen molar-refractivity contribution in [1.82, 2.24) is 5.43 Å². The van der Waals surface area contributed by atoms with Crippen LogP contribution in [-0.4, -0.2) is 26.3 Å². The highest BCUT2D eigenvalue weighted by molar-refractivity contribution is 5.96. The zero-order valence-corrected chi connectivity index (χ0v) is 15.2. The molecule has 0 aliphatic rings. The number of nitrogens with zero attached hydrogens (tertiary/aromatic N) is 1. The summed E-state index contributed by atoms with van der Waals surface area (Å²) >= 11 is 0. The van der Waals surface area contributed by atoms with Gasteiger partial charge in [-0.05, 0) is 65.2 Å². The van der Waals surface area contributed by atoms with Crippen LogP contribution in [0.4, 0.5) is 0 Å². The summed E-state index contributed by atoms with van der Waals surface area (Å²) in [5.41, 5.74) is 5.91. The summed E-state index contributed by atoms with van der Waals surface area (Å²) in [7, 11) is 3.25. The summed E-state index contributed by atoms with van der Waals surface area (Å²) in [6, 6.07) is 22.5. The third-order valence-electron chi connectivity index (χ3n) is 4.04. The minimum atomic E-state index is -0.268. The quantitative estimate of drug-likeness (QED) is 0.531. The molecule has 0 fully saturated rings. The lowest BCUT2D eigenvalue weighted by atomic mass is 10.0. The molecule has 1 amide bonds. The maximum Gasteiger partial charge on any atom is 0.271 e.